The lowest BCUT2D eigenvalue weighted by Crippen LogP contribution is -2.34. The third-order valence-corrected chi connectivity index (χ3v) is 3.25. The molecule has 1 aromatic rings. The first-order valence-electron chi connectivity index (χ1n) is 4.97. The molecule has 0 aliphatic carbocycles. The average Bonchev–Trinajstić information content (AvgIpc) is 2.34. The number of non-ortho nitro benzene ring substituents is 1. The Hall–Kier alpha value is -2.45. The third kappa shape index (κ3) is 3.33. The van der Waals surface area contributed by atoms with Crippen LogP contribution in [0.3, 0.4) is 0 Å². The van der Waals surface area contributed by atoms with Crippen LogP contribution in [0.4, 0.5) is 37.2 Å². The van der Waals surface area contributed by atoms with E-state index in [-0.39, 0.29) is 6.07 Å². The van der Waals surface area contributed by atoms with Gasteiger partial charge in [0.1, 0.15) is 5.56 Å². The molecule has 1 rings (SSSR count). The largest absolute Gasteiger partial charge is 0.458 e. The van der Waals surface area contributed by atoms with Crippen LogP contribution in [0.25, 0.3) is 0 Å². The number of benzene rings is 1. The maximum atomic E-state index is 13.3. The second-order valence-corrected chi connectivity index (χ2v) is 5.18. The molecule has 0 aromatic heterocycles. The zero-order valence-corrected chi connectivity index (χ0v) is 11.0. The topological polar surface area (TPSA) is 120 Å². The molecule has 0 unspecified atom stereocenters. The van der Waals surface area contributed by atoms with Crippen LogP contribution < -0.4 is 0 Å². The maximum Gasteiger partial charge on any atom is 0.458 e. The zero-order chi connectivity index (χ0) is 18.4. The molecule has 0 fully saturated rings. The van der Waals surface area contributed by atoms with Crippen LogP contribution >= 0.6 is 0 Å². The third-order valence-electron chi connectivity index (χ3n) is 2.41. The zero-order valence-electron chi connectivity index (χ0n) is 10.2. The summed E-state index contributed by atoms with van der Waals surface area (Å²) in [6.45, 7) is 0. The summed E-state index contributed by atoms with van der Waals surface area (Å²) in [5.41, 5.74) is -6.81. The molecular weight excluding hydrogens is 366 g/mol. The maximum absolute atomic E-state index is 13.3. The van der Waals surface area contributed by atoms with Crippen LogP contribution in [0, 0.1) is 20.2 Å². The summed E-state index contributed by atoms with van der Waals surface area (Å²) < 4.78 is 98.1. The Morgan fingerprint density at radius 1 is 0.957 bits per heavy atom. The smallest absolute Gasteiger partial charge is 0.258 e. The van der Waals surface area contributed by atoms with Crippen molar-refractivity contribution in [3.63, 3.8) is 0 Å². The molecule has 1 aromatic carbocycles. The first kappa shape index (κ1) is 18.6. The molecule has 0 bridgehead atoms. The van der Waals surface area contributed by atoms with E-state index in [0.717, 1.165) is 0 Å². The lowest BCUT2D eigenvalue weighted by atomic mass is 10.0. The van der Waals surface area contributed by atoms with Crippen molar-refractivity contribution >= 4 is 21.6 Å². The predicted molar refractivity (Wildman–Crippen MR) is 58.0 cm³/mol. The number of nitrogens with zero attached hydrogens (tertiary/aromatic N) is 2. The van der Waals surface area contributed by atoms with Crippen molar-refractivity contribution in [2.24, 2.45) is 0 Å². The van der Waals surface area contributed by atoms with Gasteiger partial charge in [-0.15, -0.1) is 3.89 Å². The van der Waals surface area contributed by atoms with E-state index in [9.17, 15) is 54.5 Å². The highest BCUT2D eigenvalue weighted by Gasteiger charge is 2.62. The molecule has 0 spiro atoms. The number of hydrogen-bond donors (Lipinski definition) is 0. The van der Waals surface area contributed by atoms with Gasteiger partial charge >= 0.3 is 28.0 Å². The Morgan fingerprint density at radius 3 is 1.74 bits per heavy atom. The normalized spacial score (nSPS) is 13.0. The van der Waals surface area contributed by atoms with Crippen LogP contribution in [0.15, 0.2) is 17.0 Å². The van der Waals surface area contributed by atoms with Gasteiger partial charge in [0.25, 0.3) is 5.69 Å². The minimum Gasteiger partial charge on any atom is -0.258 e. The average molecular weight is 368 g/mol. The van der Waals surface area contributed by atoms with Crippen molar-refractivity contribution in [1.29, 1.82) is 0 Å². The summed E-state index contributed by atoms with van der Waals surface area (Å²) >= 11 is 0. The number of hydrogen-bond acceptors (Lipinski definition) is 6. The number of nitro groups is 2. The number of halogens is 6. The fourth-order valence-corrected chi connectivity index (χ4v) is 2.14. The molecule has 0 saturated heterocycles. The van der Waals surface area contributed by atoms with E-state index in [4.69, 9.17) is 0 Å². The van der Waals surface area contributed by atoms with Gasteiger partial charge < -0.3 is 0 Å². The number of rotatable bonds is 4. The van der Waals surface area contributed by atoms with E-state index in [1.807, 2.05) is 0 Å². The van der Waals surface area contributed by atoms with E-state index < -0.39 is 60.1 Å². The van der Waals surface area contributed by atoms with Crippen molar-refractivity contribution in [2.75, 3.05) is 0 Å². The summed E-state index contributed by atoms with van der Waals surface area (Å²) in [4.78, 5) is 15.2. The van der Waals surface area contributed by atoms with Gasteiger partial charge in [0.15, 0.2) is 4.90 Å². The minimum atomic E-state index is -6.45. The highest BCUT2D eigenvalue weighted by molar-refractivity contribution is 7.86. The highest BCUT2D eigenvalue weighted by atomic mass is 32.3. The van der Waals surface area contributed by atoms with Gasteiger partial charge in [-0.3, -0.25) is 20.2 Å². The van der Waals surface area contributed by atoms with Crippen molar-refractivity contribution in [3.8, 4) is 0 Å². The molecule has 0 radical (unpaired) electrons. The summed E-state index contributed by atoms with van der Waals surface area (Å²) in [6.07, 6.45) is -6.45. The van der Waals surface area contributed by atoms with E-state index in [1.165, 1.54) is 0 Å². The van der Waals surface area contributed by atoms with Crippen molar-refractivity contribution in [1.82, 2.24) is 0 Å². The fraction of sp³-hybridized carbons (Fsp3) is 0.250. The monoisotopic (exact) mass is 368 g/mol. The molecule has 0 saturated carbocycles. The second-order valence-electron chi connectivity index (χ2n) is 3.86. The predicted octanol–water partition coefficient (Wildman–Crippen LogP) is 2.82. The lowest BCUT2D eigenvalue weighted by Gasteiger charge is -2.20. The van der Waals surface area contributed by atoms with Gasteiger partial charge in [0, 0.05) is 12.1 Å². The van der Waals surface area contributed by atoms with Crippen molar-refractivity contribution in [2.45, 2.75) is 17.0 Å². The standard InChI is InChI=1S/C8H2F6N2O6S/c9-7(10,8(11,12)13)4-1-3(15(17)18)2-5(23(14,21)22)6(4)16(19)20/h1-2H. The van der Waals surface area contributed by atoms with Gasteiger partial charge in [-0.2, -0.15) is 30.4 Å². The van der Waals surface area contributed by atoms with E-state index in [1.54, 1.807) is 0 Å². The summed E-state index contributed by atoms with van der Waals surface area (Å²) in [5.74, 6) is -6.04. The molecule has 0 N–H and O–H groups in total. The second kappa shape index (κ2) is 5.32. The quantitative estimate of drug-likeness (QED) is 0.349. The number of alkyl halides is 5. The van der Waals surface area contributed by atoms with Gasteiger partial charge in [0.05, 0.1) is 9.85 Å². The first-order valence-corrected chi connectivity index (χ1v) is 6.35. The lowest BCUT2D eigenvalue weighted by molar-refractivity contribution is -0.396. The SMILES string of the molecule is O=[N+]([O-])c1cc(C(F)(F)C(F)(F)F)c([N+](=O)[O-])c(S(=O)(=O)F)c1. The van der Waals surface area contributed by atoms with Crippen molar-refractivity contribution < 1.29 is 44.1 Å². The Kier molecular flexibility index (Phi) is 4.30. The highest BCUT2D eigenvalue weighted by Crippen LogP contribution is 2.49. The van der Waals surface area contributed by atoms with Crippen LogP contribution in [0.2, 0.25) is 0 Å². The van der Waals surface area contributed by atoms with Gasteiger partial charge in [-0.05, 0) is 0 Å². The van der Waals surface area contributed by atoms with Gasteiger partial charge in [-0.1, -0.05) is 0 Å². The van der Waals surface area contributed by atoms with Crippen LogP contribution in [-0.4, -0.2) is 24.4 Å². The van der Waals surface area contributed by atoms with Gasteiger partial charge in [-0.25, -0.2) is 0 Å². The summed E-state index contributed by atoms with van der Waals surface area (Å²) in [5, 5.41) is 21.1. The van der Waals surface area contributed by atoms with Crippen LogP contribution in [-0.2, 0) is 16.1 Å². The molecule has 0 heterocycles. The Labute approximate surface area is 121 Å². The molecule has 0 amide bonds. The summed E-state index contributed by atoms with van der Waals surface area (Å²) in [6, 6.07) is -0.871. The fourth-order valence-electron chi connectivity index (χ4n) is 1.46. The van der Waals surface area contributed by atoms with E-state index in [2.05, 4.69) is 0 Å². The molecular formula is C8H2F6N2O6S. The Balaban J connectivity index is 4.07. The molecule has 23 heavy (non-hydrogen) atoms. The minimum absolute atomic E-state index is 0.330. The van der Waals surface area contributed by atoms with Crippen molar-refractivity contribution in [3.05, 3.63) is 37.9 Å². The van der Waals surface area contributed by atoms with E-state index >= 15 is 0 Å². The van der Waals surface area contributed by atoms with Gasteiger partial charge in [0.2, 0.25) is 0 Å². The summed E-state index contributed by atoms with van der Waals surface area (Å²) in [7, 11) is -6.21. The number of nitro benzene ring substituents is 2. The molecule has 128 valence electrons. The molecule has 15 heteroatoms. The molecule has 0 aliphatic heterocycles. The Bertz CT molecular complexity index is 789. The first-order chi connectivity index (χ1) is 10.1. The molecule has 0 aliphatic rings. The van der Waals surface area contributed by atoms with Crippen LogP contribution in [0.5, 0.6) is 0 Å². The van der Waals surface area contributed by atoms with Crippen LogP contribution in [0.1, 0.15) is 5.56 Å². The Morgan fingerprint density at radius 2 is 1.43 bits per heavy atom. The molecule has 8 nitrogen and oxygen atoms in total. The van der Waals surface area contributed by atoms with E-state index in [0.29, 0.717) is 0 Å². The molecule has 0 atom stereocenters.